The van der Waals surface area contributed by atoms with E-state index in [-0.39, 0.29) is 6.02 Å². The van der Waals surface area contributed by atoms with E-state index in [1.54, 1.807) is 52.3 Å². The third-order valence-corrected chi connectivity index (χ3v) is 3.51. The summed E-state index contributed by atoms with van der Waals surface area (Å²) in [5.74, 6) is 3.15. The van der Waals surface area contributed by atoms with E-state index < -0.39 is 6.23 Å². The molecular weight excluding hydrogens is 348 g/mol. The molecule has 144 valence electrons. The Kier molecular flexibility index (Phi) is 7.63. The molecule has 2 aromatic carbocycles. The van der Waals surface area contributed by atoms with Crippen LogP contribution in [0.4, 0.5) is 0 Å². The zero-order valence-electron chi connectivity index (χ0n) is 16.1. The molecule has 0 saturated carbocycles. The third-order valence-electron chi connectivity index (χ3n) is 3.51. The minimum absolute atomic E-state index is 0.146. The van der Waals surface area contributed by atoms with E-state index in [1.807, 2.05) is 24.3 Å². The Balaban J connectivity index is 2.08. The molecule has 0 spiro atoms. The molecule has 7 heteroatoms. The van der Waals surface area contributed by atoms with E-state index in [2.05, 4.69) is 9.98 Å². The van der Waals surface area contributed by atoms with Crippen LogP contribution < -0.4 is 14.2 Å². The first kappa shape index (κ1) is 20.3. The molecule has 0 N–H and O–H groups in total. The molecule has 0 bridgehead atoms. The molecule has 0 amide bonds. The minimum atomic E-state index is -0.397. The Morgan fingerprint density at radius 2 is 1.33 bits per heavy atom. The summed E-state index contributed by atoms with van der Waals surface area (Å²) in [4.78, 5) is 8.43. The zero-order chi connectivity index (χ0) is 19.6. The largest absolute Gasteiger partial charge is 0.497 e. The van der Waals surface area contributed by atoms with Gasteiger partial charge in [0.25, 0.3) is 0 Å². The molecule has 0 heterocycles. The normalized spacial score (nSPS) is 13.1. The first-order valence-electron chi connectivity index (χ1n) is 8.33. The van der Waals surface area contributed by atoms with Crippen LogP contribution in [-0.2, 0) is 9.47 Å². The lowest BCUT2D eigenvalue weighted by Gasteiger charge is -2.10. The summed E-state index contributed by atoms with van der Waals surface area (Å²) in [5, 5.41) is 0. The number of nitrogens with zero attached hydrogens (tertiary/aromatic N) is 2. The van der Waals surface area contributed by atoms with Gasteiger partial charge in [-0.15, -0.1) is 0 Å². The van der Waals surface area contributed by atoms with Gasteiger partial charge in [-0.2, -0.15) is 4.99 Å². The summed E-state index contributed by atoms with van der Waals surface area (Å²) in [5.41, 5.74) is 0. The Bertz CT molecular complexity index is 770. The van der Waals surface area contributed by atoms with Gasteiger partial charge in [0.2, 0.25) is 0 Å². The van der Waals surface area contributed by atoms with Gasteiger partial charge in [-0.1, -0.05) is 0 Å². The zero-order valence-corrected chi connectivity index (χ0v) is 16.1. The summed E-state index contributed by atoms with van der Waals surface area (Å²) < 4.78 is 26.8. The fourth-order valence-corrected chi connectivity index (χ4v) is 1.93. The van der Waals surface area contributed by atoms with E-state index >= 15 is 0 Å². The molecule has 0 radical (unpaired) electrons. The molecule has 0 saturated heterocycles. The maximum absolute atomic E-state index is 5.79. The van der Waals surface area contributed by atoms with Crippen LogP contribution in [0.3, 0.4) is 0 Å². The highest BCUT2D eigenvalue weighted by Crippen LogP contribution is 2.25. The maximum atomic E-state index is 5.79. The first-order chi connectivity index (χ1) is 13.0. The van der Waals surface area contributed by atoms with Crippen LogP contribution in [0.2, 0.25) is 0 Å². The van der Waals surface area contributed by atoms with Gasteiger partial charge in [-0.3, -0.25) is 0 Å². The Morgan fingerprint density at radius 3 is 1.81 bits per heavy atom. The molecule has 0 fully saturated rings. The van der Waals surface area contributed by atoms with Gasteiger partial charge in [0.15, 0.2) is 12.1 Å². The van der Waals surface area contributed by atoms with Gasteiger partial charge in [0, 0.05) is 14.0 Å². The maximum Gasteiger partial charge on any atom is 0.322 e. The van der Waals surface area contributed by atoms with Gasteiger partial charge in [-0.05, 0) is 55.5 Å². The lowest BCUT2D eigenvalue weighted by Crippen LogP contribution is -2.14. The molecule has 7 nitrogen and oxygen atoms in total. The molecule has 1 atom stereocenters. The number of ether oxygens (including phenoxy) is 5. The van der Waals surface area contributed by atoms with Crippen molar-refractivity contribution in [2.75, 3.05) is 21.3 Å². The number of aliphatic imine (C=N–C) groups is 2. The van der Waals surface area contributed by atoms with Crippen LogP contribution in [0.1, 0.15) is 13.8 Å². The summed E-state index contributed by atoms with van der Waals surface area (Å²) in [6.07, 6.45) is -0.397. The van der Waals surface area contributed by atoms with Crippen molar-refractivity contribution >= 4 is 11.9 Å². The number of rotatable bonds is 6. The van der Waals surface area contributed by atoms with Crippen molar-refractivity contribution in [3.8, 4) is 23.0 Å². The molecule has 2 aromatic rings. The quantitative estimate of drug-likeness (QED) is 0.559. The molecule has 2 rings (SSSR count). The Hall–Kier alpha value is -3.06. The molecule has 27 heavy (non-hydrogen) atoms. The number of methoxy groups -OCH3 is 3. The van der Waals surface area contributed by atoms with Crippen molar-refractivity contribution in [2.24, 2.45) is 9.98 Å². The van der Waals surface area contributed by atoms with Gasteiger partial charge >= 0.3 is 6.02 Å². The average molecular weight is 372 g/mol. The van der Waals surface area contributed by atoms with E-state index in [0.717, 1.165) is 5.75 Å². The second kappa shape index (κ2) is 10.2. The summed E-state index contributed by atoms with van der Waals surface area (Å²) in [6, 6.07) is 14.6. The third kappa shape index (κ3) is 6.63. The highest BCUT2D eigenvalue weighted by atomic mass is 16.5. The number of hydrogen-bond acceptors (Lipinski definition) is 6. The smallest absolute Gasteiger partial charge is 0.322 e. The van der Waals surface area contributed by atoms with E-state index in [4.69, 9.17) is 23.7 Å². The summed E-state index contributed by atoms with van der Waals surface area (Å²) in [7, 11) is 4.71. The minimum Gasteiger partial charge on any atom is -0.497 e. The fraction of sp³-hybridized carbons (Fsp3) is 0.300. The topological polar surface area (TPSA) is 70.9 Å². The van der Waals surface area contributed by atoms with Crippen molar-refractivity contribution in [1.82, 2.24) is 0 Å². The molecule has 0 aliphatic rings. The van der Waals surface area contributed by atoms with Crippen molar-refractivity contribution in [1.29, 1.82) is 0 Å². The first-order valence-corrected chi connectivity index (χ1v) is 8.33. The standard InChI is InChI=1S/C20H24N2O5/c1-14(23-3)21-20(22-15(2)24-4)27-19-12-10-18(11-13-19)26-17-8-6-16(25-5)7-9-17/h6-14H,1-5H3. The lowest BCUT2D eigenvalue weighted by molar-refractivity contribution is 0.124. The van der Waals surface area contributed by atoms with Crippen molar-refractivity contribution in [2.45, 2.75) is 20.1 Å². The van der Waals surface area contributed by atoms with Crippen molar-refractivity contribution < 1.29 is 23.7 Å². The van der Waals surface area contributed by atoms with Crippen LogP contribution >= 0.6 is 0 Å². The molecule has 0 aliphatic heterocycles. The highest BCUT2D eigenvalue weighted by Gasteiger charge is 2.07. The van der Waals surface area contributed by atoms with Gasteiger partial charge < -0.3 is 23.7 Å². The molecule has 1 unspecified atom stereocenters. The van der Waals surface area contributed by atoms with Crippen LogP contribution in [-0.4, -0.2) is 39.5 Å². The number of amidine groups is 1. The SMILES string of the molecule is COC(C)=NC(=NC(C)OC)Oc1ccc(Oc2ccc(OC)cc2)cc1. The Morgan fingerprint density at radius 1 is 0.815 bits per heavy atom. The van der Waals surface area contributed by atoms with Crippen LogP contribution in [0.15, 0.2) is 58.5 Å². The highest BCUT2D eigenvalue weighted by molar-refractivity contribution is 5.90. The number of hydrogen-bond donors (Lipinski definition) is 0. The summed E-state index contributed by atoms with van der Waals surface area (Å²) >= 11 is 0. The van der Waals surface area contributed by atoms with E-state index in [0.29, 0.717) is 23.1 Å². The monoisotopic (exact) mass is 372 g/mol. The van der Waals surface area contributed by atoms with Crippen LogP contribution in [0.5, 0.6) is 23.0 Å². The number of benzene rings is 2. The molecule has 0 aromatic heterocycles. The van der Waals surface area contributed by atoms with Gasteiger partial charge in [0.05, 0.1) is 14.2 Å². The predicted octanol–water partition coefficient (Wildman–Crippen LogP) is 4.28. The lowest BCUT2D eigenvalue weighted by atomic mass is 10.3. The second-order valence-electron chi connectivity index (χ2n) is 5.43. The van der Waals surface area contributed by atoms with Gasteiger partial charge in [0.1, 0.15) is 23.0 Å². The van der Waals surface area contributed by atoms with Crippen LogP contribution in [0, 0.1) is 0 Å². The van der Waals surface area contributed by atoms with Crippen LogP contribution in [0.25, 0.3) is 0 Å². The van der Waals surface area contributed by atoms with Crippen molar-refractivity contribution in [3.05, 3.63) is 48.5 Å². The van der Waals surface area contributed by atoms with E-state index in [1.165, 1.54) is 7.11 Å². The fourth-order valence-electron chi connectivity index (χ4n) is 1.93. The average Bonchev–Trinajstić information content (AvgIpc) is 2.69. The van der Waals surface area contributed by atoms with Crippen molar-refractivity contribution in [3.63, 3.8) is 0 Å². The second-order valence-corrected chi connectivity index (χ2v) is 5.43. The Labute approximate surface area is 159 Å². The van der Waals surface area contributed by atoms with E-state index in [9.17, 15) is 0 Å². The molecular formula is C20H24N2O5. The summed E-state index contributed by atoms with van der Waals surface area (Å²) in [6.45, 7) is 3.49. The van der Waals surface area contributed by atoms with Gasteiger partial charge in [-0.25, -0.2) is 4.99 Å². The molecule has 0 aliphatic carbocycles. The predicted molar refractivity (Wildman–Crippen MR) is 104 cm³/mol.